The van der Waals surface area contributed by atoms with Crippen molar-refractivity contribution in [2.24, 2.45) is 0 Å². The van der Waals surface area contributed by atoms with Crippen LogP contribution in [0.15, 0.2) is 73.1 Å². The van der Waals surface area contributed by atoms with E-state index in [1.165, 1.54) is 0 Å². The molecule has 4 amide bonds. The first kappa shape index (κ1) is 38.6. The van der Waals surface area contributed by atoms with Crippen molar-refractivity contribution in [3.05, 3.63) is 107 Å². The number of aromatic nitrogens is 4. The Hall–Kier alpha value is -6.57. The molecule has 6 heterocycles. The number of carbonyl (C=O) groups excluding carboxylic acids is 3. The first-order chi connectivity index (χ1) is 29.4. The molecule has 0 radical (unpaired) electrons. The molecule has 0 aliphatic carbocycles. The second-order valence-electron chi connectivity index (χ2n) is 16.3. The quantitative estimate of drug-likeness (QED) is 0.0752. The van der Waals surface area contributed by atoms with E-state index in [1.807, 2.05) is 58.3 Å². The Morgan fingerprint density at radius 1 is 0.738 bits per heavy atom. The summed E-state index contributed by atoms with van der Waals surface area (Å²) >= 11 is 12.9. The van der Waals surface area contributed by atoms with Gasteiger partial charge >= 0.3 is 6.03 Å². The largest absolute Gasteiger partial charge is 0.506 e. The van der Waals surface area contributed by atoms with Crippen LogP contribution >= 0.6 is 23.2 Å². The number of hydrogen-bond acceptors (Lipinski definition) is 5. The maximum Gasteiger partial charge on any atom is 0.323 e. The van der Waals surface area contributed by atoms with E-state index in [9.17, 15) is 19.5 Å². The highest BCUT2D eigenvalue weighted by molar-refractivity contribution is 6.20. The van der Waals surface area contributed by atoms with Gasteiger partial charge in [0.1, 0.15) is 22.9 Å². The van der Waals surface area contributed by atoms with Crippen molar-refractivity contribution >= 4 is 107 Å². The molecule has 4 aromatic heterocycles. The number of phenolic OH excluding ortho intramolecular Hbond substituents is 1. The van der Waals surface area contributed by atoms with E-state index in [4.69, 9.17) is 27.9 Å². The summed E-state index contributed by atoms with van der Waals surface area (Å²) in [5.74, 6) is 0.837. The molecule has 0 saturated carbocycles. The molecule has 0 unspecified atom stereocenters. The maximum absolute atomic E-state index is 14.2. The second kappa shape index (κ2) is 14.6. The fourth-order valence-electron chi connectivity index (χ4n) is 9.26. The summed E-state index contributed by atoms with van der Waals surface area (Å²) in [6, 6.07) is 17.4. The zero-order chi connectivity index (χ0) is 42.4. The van der Waals surface area contributed by atoms with Crippen LogP contribution in [-0.2, 0) is 0 Å². The lowest BCUT2D eigenvalue weighted by atomic mass is 9.96. The van der Waals surface area contributed by atoms with Crippen LogP contribution < -0.4 is 25.2 Å². The third-order valence-corrected chi connectivity index (χ3v) is 12.7. The van der Waals surface area contributed by atoms with Gasteiger partial charge in [0.15, 0.2) is 0 Å². The summed E-state index contributed by atoms with van der Waals surface area (Å²) in [5, 5.41) is 20.0. The van der Waals surface area contributed by atoms with E-state index < -0.39 is 6.03 Å². The number of alkyl halides is 2. The predicted molar refractivity (Wildman–Crippen MR) is 243 cm³/mol. The smallest absolute Gasteiger partial charge is 0.323 e. The number of aromatic amines is 4. The number of carbonyl (C=O) groups is 3. The van der Waals surface area contributed by atoms with Gasteiger partial charge in [-0.3, -0.25) is 9.59 Å². The van der Waals surface area contributed by atoms with Crippen LogP contribution in [0.3, 0.4) is 0 Å². The van der Waals surface area contributed by atoms with Gasteiger partial charge in [0.05, 0.1) is 28.5 Å². The van der Waals surface area contributed by atoms with Crippen molar-refractivity contribution in [3.63, 3.8) is 0 Å². The van der Waals surface area contributed by atoms with Gasteiger partial charge in [0.2, 0.25) is 0 Å². The summed E-state index contributed by atoms with van der Waals surface area (Å²) < 4.78 is 6.20. The van der Waals surface area contributed by atoms with Crippen molar-refractivity contribution in [3.8, 4) is 11.5 Å². The van der Waals surface area contributed by atoms with Gasteiger partial charge in [0.25, 0.3) is 11.8 Å². The maximum atomic E-state index is 14.2. The minimum absolute atomic E-state index is 0.0540. The monoisotopic (exact) mass is 856 g/mol. The lowest BCUT2D eigenvalue weighted by Gasteiger charge is -2.19. The Balaban J connectivity index is 0.853. The van der Waals surface area contributed by atoms with Crippen molar-refractivity contribution in [2.75, 3.05) is 45.3 Å². The van der Waals surface area contributed by atoms with E-state index >= 15 is 0 Å². The molecule has 310 valence electrons. The highest BCUT2D eigenvalue weighted by atomic mass is 35.5. The van der Waals surface area contributed by atoms with Crippen LogP contribution in [0.25, 0.3) is 43.6 Å². The minimum atomic E-state index is -0.462. The molecule has 2 aliphatic heterocycles. The summed E-state index contributed by atoms with van der Waals surface area (Å²) in [7, 11) is 0. The topological polar surface area (TPSA) is 174 Å². The van der Waals surface area contributed by atoms with E-state index in [1.54, 1.807) is 52.3 Å². The molecular weight excluding hydrogens is 815 g/mol. The molecule has 13 nitrogen and oxygen atoms in total. The average Bonchev–Trinajstić information content (AvgIpc) is 4.09. The number of aryl methyl sites for hydroxylation is 2. The van der Waals surface area contributed by atoms with Crippen molar-refractivity contribution in [1.29, 1.82) is 0 Å². The summed E-state index contributed by atoms with van der Waals surface area (Å²) in [4.78, 5) is 57.9. The van der Waals surface area contributed by atoms with Gasteiger partial charge in [-0.05, 0) is 98.5 Å². The molecule has 0 spiro atoms. The number of ether oxygens (including phenoxy) is 1. The highest BCUT2D eigenvalue weighted by Crippen LogP contribution is 2.48. The van der Waals surface area contributed by atoms with Gasteiger partial charge in [-0.25, -0.2) is 4.79 Å². The molecular formula is C46H42Cl2N8O5. The Morgan fingerprint density at radius 3 is 1.74 bits per heavy atom. The average molecular weight is 858 g/mol. The fourth-order valence-corrected chi connectivity index (χ4v) is 9.76. The highest BCUT2D eigenvalue weighted by Gasteiger charge is 2.38. The standard InChI is InChI=1S/C46H42Cl2N8O5/c1-21(2)61-37-14-35-41(39-23(4)18-50-43(37)39)27(16-48)20-56(35)45(59)33-12-25-10-29(6-8-31(25)54-33)52-46(60)51-28-5-7-30-24(9-28)11-32(53-30)44(58)55-19-26(15-47)40-34(55)13-36(57)42-38(40)22(3)17-49-42/h5-14,17-18,21,26-27,49-50,53-54,57H,15-16,19-20H2,1-4H3,(H2,51,52,60)/t26-,27-/m1/s1. The lowest BCUT2D eigenvalue weighted by molar-refractivity contribution is 0.0977. The summed E-state index contributed by atoms with van der Waals surface area (Å²) in [5.41, 5.74) is 10.3. The number of fused-ring (bicyclic) bond motifs is 8. The Bertz CT molecular complexity index is 3120. The SMILES string of the molecule is Cc1c[nH]c2c(O)cc3c(c12)[C@H](CCl)CN3C(=O)c1cc2cc(NC(=O)Nc3ccc4[nH]c(C(=O)N5C[C@@H](CCl)c6c5cc(OC(C)C)c5[nH]cc(C)c65)cc4c3)ccc2[nH]1. The number of rotatable bonds is 8. The molecule has 2 atom stereocenters. The molecule has 7 N–H and O–H groups in total. The minimum Gasteiger partial charge on any atom is -0.506 e. The van der Waals surface area contributed by atoms with Crippen LogP contribution in [0.2, 0.25) is 0 Å². The van der Waals surface area contributed by atoms with Crippen LogP contribution in [-0.4, -0.2) is 73.8 Å². The number of nitrogens with one attached hydrogen (secondary N) is 6. The second-order valence-corrected chi connectivity index (χ2v) is 16.9. The third-order valence-electron chi connectivity index (χ3n) is 11.9. The number of hydrogen-bond donors (Lipinski definition) is 7. The number of amides is 4. The van der Waals surface area contributed by atoms with Gasteiger partial charge in [0, 0.05) is 105 Å². The number of phenols is 1. The van der Waals surface area contributed by atoms with Crippen LogP contribution in [0, 0.1) is 13.8 Å². The number of urea groups is 1. The first-order valence-electron chi connectivity index (χ1n) is 20.1. The van der Waals surface area contributed by atoms with Gasteiger partial charge in [-0.1, -0.05) is 0 Å². The van der Waals surface area contributed by atoms with E-state index in [2.05, 4.69) is 30.6 Å². The number of halogens is 2. The predicted octanol–water partition coefficient (Wildman–Crippen LogP) is 10.3. The van der Waals surface area contributed by atoms with Crippen LogP contribution in [0.4, 0.5) is 27.5 Å². The van der Waals surface area contributed by atoms with Gasteiger partial charge < -0.3 is 50.2 Å². The van der Waals surface area contributed by atoms with E-state index in [0.29, 0.717) is 64.6 Å². The van der Waals surface area contributed by atoms with Crippen molar-refractivity contribution in [2.45, 2.75) is 45.6 Å². The Labute approximate surface area is 359 Å². The Morgan fingerprint density at radius 2 is 1.23 bits per heavy atom. The van der Waals surface area contributed by atoms with Crippen LogP contribution in [0.1, 0.15) is 68.9 Å². The molecule has 4 aromatic carbocycles. The molecule has 10 rings (SSSR count). The van der Waals surface area contributed by atoms with E-state index in [-0.39, 0.29) is 35.5 Å². The van der Waals surface area contributed by atoms with Gasteiger partial charge in [-0.15, -0.1) is 23.2 Å². The first-order valence-corrected chi connectivity index (χ1v) is 21.2. The number of nitrogens with zero attached hydrogens (tertiary/aromatic N) is 2. The normalized spacial score (nSPS) is 16.0. The zero-order valence-corrected chi connectivity index (χ0v) is 35.2. The number of aromatic hydroxyl groups is 1. The zero-order valence-electron chi connectivity index (χ0n) is 33.7. The molecule has 61 heavy (non-hydrogen) atoms. The summed E-state index contributed by atoms with van der Waals surface area (Å²) in [6.45, 7) is 8.76. The lowest BCUT2D eigenvalue weighted by Crippen LogP contribution is -2.30. The Kier molecular flexibility index (Phi) is 9.22. The van der Waals surface area contributed by atoms with Crippen molar-refractivity contribution in [1.82, 2.24) is 19.9 Å². The molecule has 2 aliphatic rings. The molecule has 0 saturated heterocycles. The number of anilines is 4. The number of H-pyrrole nitrogens is 4. The van der Waals surface area contributed by atoms with Crippen molar-refractivity contribution < 1.29 is 24.2 Å². The third kappa shape index (κ3) is 6.33. The summed E-state index contributed by atoms with van der Waals surface area (Å²) in [6.07, 6.45) is 3.74. The molecule has 15 heteroatoms. The van der Waals surface area contributed by atoms with Crippen LogP contribution in [0.5, 0.6) is 11.5 Å². The fraction of sp³-hybridized carbons (Fsp3) is 0.239. The molecule has 0 fully saturated rings. The number of benzene rings is 4. The molecule has 8 aromatic rings. The van der Waals surface area contributed by atoms with E-state index in [0.717, 1.165) is 66.0 Å². The van der Waals surface area contributed by atoms with Gasteiger partial charge in [-0.2, -0.15) is 0 Å². The molecule has 0 bridgehead atoms.